The summed E-state index contributed by atoms with van der Waals surface area (Å²) in [6.45, 7) is 4.53. The molecule has 0 saturated heterocycles. The Kier molecular flexibility index (Phi) is 7.40. The molecule has 1 aliphatic rings. The molecule has 1 aliphatic carbocycles. The van der Waals surface area contributed by atoms with Crippen molar-refractivity contribution in [1.82, 2.24) is 18.7 Å². The maximum Gasteiger partial charge on any atom is 0.332 e. The second-order valence-electron chi connectivity index (χ2n) is 9.01. The van der Waals surface area contributed by atoms with E-state index in [0.29, 0.717) is 35.0 Å². The van der Waals surface area contributed by atoms with Crippen molar-refractivity contribution in [3.63, 3.8) is 0 Å². The topological polar surface area (TPSA) is 91.3 Å². The monoisotopic (exact) mass is 486 g/mol. The predicted octanol–water partition coefficient (Wildman–Crippen LogP) is 3.34. The Balaban J connectivity index is 1.87. The van der Waals surface area contributed by atoms with Gasteiger partial charge in [-0.25, -0.2) is 9.78 Å². The first-order chi connectivity index (χ1) is 16.3. The molecule has 2 heterocycles. The molecular weight excluding hydrogens is 456 g/mol. The lowest BCUT2D eigenvalue weighted by Crippen LogP contribution is -2.40. The van der Waals surface area contributed by atoms with Gasteiger partial charge < -0.3 is 14.4 Å². The molecule has 0 radical (unpaired) electrons. The molecule has 0 fully saturated rings. The second kappa shape index (κ2) is 10.3. The molecule has 1 unspecified atom stereocenters. The summed E-state index contributed by atoms with van der Waals surface area (Å²) in [5.41, 5.74) is 1.93. The van der Waals surface area contributed by atoms with E-state index in [1.807, 2.05) is 42.7 Å². The maximum atomic E-state index is 13.5. The Morgan fingerprint density at radius 1 is 1.21 bits per heavy atom. The minimum Gasteiger partial charge on any atom is -0.396 e. The Morgan fingerprint density at radius 3 is 2.56 bits per heavy atom. The number of aromatic nitrogens is 4. The van der Waals surface area contributed by atoms with Crippen molar-refractivity contribution < 1.29 is 9.84 Å². The van der Waals surface area contributed by atoms with Gasteiger partial charge >= 0.3 is 5.69 Å². The Labute approximate surface area is 203 Å². The van der Waals surface area contributed by atoms with Gasteiger partial charge in [0.05, 0.1) is 12.2 Å². The van der Waals surface area contributed by atoms with Crippen LogP contribution in [0, 0.1) is 0 Å². The van der Waals surface area contributed by atoms with E-state index < -0.39 is 11.2 Å². The normalized spacial score (nSPS) is 16.4. The number of aryl methyl sites for hydroxylation is 1. The molecule has 182 valence electrons. The Morgan fingerprint density at radius 2 is 1.94 bits per heavy atom. The smallest absolute Gasteiger partial charge is 0.332 e. The predicted molar refractivity (Wildman–Crippen MR) is 133 cm³/mol. The number of rotatable bonds is 8. The first-order valence-electron chi connectivity index (χ1n) is 11.7. The molecule has 0 spiro atoms. The maximum absolute atomic E-state index is 13.5. The lowest BCUT2D eigenvalue weighted by atomic mass is 9.96. The highest BCUT2D eigenvalue weighted by atomic mass is 35.5. The highest BCUT2D eigenvalue weighted by Gasteiger charge is 2.25. The van der Waals surface area contributed by atoms with Gasteiger partial charge in [-0.05, 0) is 62.8 Å². The second-order valence-corrected chi connectivity index (χ2v) is 9.44. The van der Waals surface area contributed by atoms with Crippen LogP contribution in [0.4, 0.5) is 0 Å². The van der Waals surface area contributed by atoms with E-state index in [9.17, 15) is 14.7 Å². The van der Waals surface area contributed by atoms with Crippen LogP contribution < -0.4 is 11.2 Å². The van der Waals surface area contributed by atoms with Crippen LogP contribution in [-0.2, 0) is 24.9 Å². The standard InChI is InChI=1S/C25H31ClN4O4/c1-16(2)34-20-11-7-18(8-12-20)22-27-23-21(30(22)15-17-5-9-19(26)10-6-17)24(32)29(13-4-14-31)25(33)28(23)3/h5-7,9-10,16,20,31H,4,8,11-15H2,1-3H3. The van der Waals surface area contributed by atoms with Gasteiger partial charge in [0.1, 0.15) is 5.82 Å². The van der Waals surface area contributed by atoms with Crippen LogP contribution >= 0.6 is 11.6 Å². The third kappa shape index (κ3) is 4.89. The summed E-state index contributed by atoms with van der Waals surface area (Å²) in [7, 11) is 1.63. The van der Waals surface area contributed by atoms with E-state index in [-0.39, 0.29) is 25.4 Å². The van der Waals surface area contributed by atoms with Crippen molar-refractivity contribution in [3.8, 4) is 0 Å². The largest absolute Gasteiger partial charge is 0.396 e. The van der Waals surface area contributed by atoms with Crippen molar-refractivity contribution in [1.29, 1.82) is 0 Å². The van der Waals surface area contributed by atoms with Crippen molar-refractivity contribution >= 4 is 28.3 Å². The number of fused-ring (bicyclic) bond motifs is 1. The zero-order valence-electron chi connectivity index (χ0n) is 19.8. The molecule has 4 rings (SSSR count). The van der Waals surface area contributed by atoms with E-state index >= 15 is 0 Å². The lowest BCUT2D eigenvalue weighted by molar-refractivity contribution is 0.00428. The summed E-state index contributed by atoms with van der Waals surface area (Å²) < 4.78 is 10.5. The Bertz CT molecular complexity index is 1320. The number of ether oxygens (including phenoxy) is 1. The molecule has 34 heavy (non-hydrogen) atoms. The third-order valence-corrected chi connectivity index (χ3v) is 6.39. The zero-order chi connectivity index (χ0) is 24.4. The number of aliphatic hydroxyl groups excluding tert-OH is 1. The number of aliphatic hydroxyl groups is 1. The van der Waals surface area contributed by atoms with Gasteiger partial charge in [0.2, 0.25) is 0 Å². The highest BCUT2D eigenvalue weighted by molar-refractivity contribution is 6.30. The molecular formula is C25H31ClN4O4. The van der Waals surface area contributed by atoms with Crippen molar-refractivity contribution in [2.75, 3.05) is 6.61 Å². The number of halogens is 1. The summed E-state index contributed by atoms with van der Waals surface area (Å²) in [4.78, 5) is 31.2. The van der Waals surface area contributed by atoms with E-state index in [0.717, 1.165) is 30.4 Å². The molecule has 1 N–H and O–H groups in total. The van der Waals surface area contributed by atoms with Crippen molar-refractivity contribution in [3.05, 3.63) is 67.6 Å². The third-order valence-electron chi connectivity index (χ3n) is 6.14. The van der Waals surface area contributed by atoms with E-state index in [4.69, 9.17) is 21.3 Å². The van der Waals surface area contributed by atoms with Gasteiger partial charge in [0, 0.05) is 31.8 Å². The minimum absolute atomic E-state index is 0.102. The number of nitrogens with zero attached hydrogens (tertiary/aromatic N) is 4. The first kappa shape index (κ1) is 24.4. The summed E-state index contributed by atoms with van der Waals surface area (Å²) in [5, 5.41) is 9.88. The average Bonchev–Trinajstić information content (AvgIpc) is 3.18. The fourth-order valence-electron chi connectivity index (χ4n) is 4.49. The van der Waals surface area contributed by atoms with Crippen LogP contribution in [0.5, 0.6) is 0 Å². The summed E-state index contributed by atoms with van der Waals surface area (Å²) in [5.74, 6) is 0.694. The van der Waals surface area contributed by atoms with E-state index in [1.54, 1.807) is 7.05 Å². The fourth-order valence-corrected chi connectivity index (χ4v) is 4.62. The number of allylic oxidation sites excluding steroid dienone is 1. The molecule has 3 aromatic rings. The molecule has 0 aliphatic heterocycles. The van der Waals surface area contributed by atoms with Crippen LogP contribution in [0.3, 0.4) is 0 Å². The van der Waals surface area contributed by atoms with Crippen LogP contribution in [-0.4, -0.2) is 42.6 Å². The van der Waals surface area contributed by atoms with Crippen LogP contribution in [0.25, 0.3) is 16.7 Å². The zero-order valence-corrected chi connectivity index (χ0v) is 20.6. The molecule has 0 saturated carbocycles. The highest BCUT2D eigenvalue weighted by Crippen LogP contribution is 2.30. The molecule has 0 amide bonds. The molecule has 2 aromatic heterocycles. The number of benzene rings is 1. The lowest BCUT2D eigenvalue weighted by Gasteiger charge is -2.24. The summed E-state index contributed by atoms with van der Waals surface area (Å²) in [6, 6.07) is 7.48. The van der Waals surface area contributed by atoms with Gasteiger partial charge in [-0.15, -0.1) is 0 Å². The van der Waals surface area contributed by atoms with Gasteiger partial charge in [-0.1, -0.05) is 29.8 Å². The van der Waals surface area contributed by atoms with Crippen LogP contribution in [0.1, 0.15) is 50.9 Å². The molecule has 9 heteroatoms. The van der Waals surface area contributed by atoms with Gasteiger partial charge in [0.15, 0.2) is 11.2 Å². The SMILES string of the molecule is CC(C)OC1CC=C(c2nc3c(c(=O)n(CCCO)c(=O)n3C)n2Cc2ccc(Cl)cc2)CC1. The van der Waals surface area contributed by atoms with Gasteiger partial charge in [-0.2, -0.15) is 0 Å². The number of hydrogen-bond donors (Lipinski definition) is 1. The average molecular weight is 487 g/mol. The fraction of sp³-hybridized carbons (Fsp3) is 0.480. The minimum atomic E-state index is -0.434. The Hall–Kier alpha value is -2.68. The van der Waals surface area contributed by atoms with E-state index in [1.165, 1.54) is 9.13 Å². The van der Waals surface area contributed by atoms with E-state index in [2.05, 4.69) is 6.08 Å². The van der Waals surface area contributed by atoms with Crippen LogP contribution in [0.15, 0.2) is 39.9 Å². The summed E-state index contributed by atoms with van der Waals surface area (Å²) in [6.07, 6.45) is 5.21. The van der Waals surface area contributed by atoms with Gasteiger partial charge in [-0.3, -0.25) is 13.9 Å². The van der Waals surface area contributed by atoms with Crippen LogP contribution in [0.2, 0.25) is 5.02 Å². The molecule has 1 aromatic carbocycles. The summed E-state index contributed by atoms with van der Waals surface area (Å²) >= 11 is 6.07. The first-order valence-corrected chi connectivity index (χ1v) is 12.1. The van der Waals surface area contributed by atoms with Crippen molar-refractivity contribution in [2.24, 2.45) is 7.05 Å². The molecule has 0 bridgehead atoms. The molecule has 1 atom stereocenters. The number of imidazole rings is 1. The number of hydrogen-bond acceptors (Lipinski definition) is 5. The quantitative estimate of drug-likeness (QED) is 0.527. The van der Waals surface area contributed by atoms with Gasteiger partial charge in [0.25, 0.3) is 5.56 Å². The van der Waals surface area contributed by atoms with Crippen molar-refractivity contribution in [2.45, 2.75) is 64.8 Å². The molecule has 8 nitrogen and oxygen atoms in total.